The van der Waals surface area contributed by atoms with Crippen LogP contribution in [0, 0.1) is 0 Å². The summed E-state index contributed by atoms with van der Waals surface area (Å²) in [7, 11) is 0. The van der Waals surface area contributed by atoms with E-state index in [1.165, 1.54) is 0 Å². The Hall–Kier alpha value is -1.30. The van der Waals surface area contributed by atoms with E-state index in [4.69, 9.17) is 28.3 Å². The lowest BCUT2D eigenvalue weighted by Gasteiger charge is -2.42. The number of rotatable bonds is 6. The summed E-state index contributed by atoms with van der Waals surface area (Å²) in [5, 5.41) is 12.6. The van der Waals surface area contributed by atoms with Crippen LogP contribution in [0.5, 0.6) is 0 Å². The Morgan fingerprint density at radius 2 is 1.86 bits per heavy atom. The molecule has 0 aliphatic heterocycles. The fourth-order valence-corrected chi connectivity index (χ4v) is 3.16. The molecule has 0 bridgehead atoms. The lowest BCUT2D eigenvalue weighted by Crippen LogP contribution is -2.54. The summed E-state index contributed by atoms with van der Waals surface area (Å²) in [5.74, 6) is -1.04. The third-order valence-electron chi connectivity index (χ3n) is 3.83. The van der Waals surface area contributed by atoms with E-state index in [-0.39, 0.29) is 24.5 Å². The van der Waals surface area contributed by atoms with Gasteiger partial charge in [-0.1, -0.05) is 30.1 Å². The number of aliphatic carboxylic acids is 1. The molecular formula is C15H18Cl2N2O3. The molecule has 7 heteroatoms. The monoisotopic (exact) mass is 344 g/mol. The predicted molar refractivity (Wildman–Crippen MR) is 85.6 cm³/mol. The van der Waals surface area contributed by atoms with Gasteiger partial charge in [0.2, 0.25) is 0 Å². The van der Waals surface area contributed by atoms with Gasteiger partial charge in [0, 0.05) is 27.7 Å². The van der Waals surface area contributed by atoms with Crippen molar-refractivity contribution in [3.05, 3.63) is 33.8 Å². The average molecular weight is 345 g/mol. The lowest BCUT2D eigenvalue weighted by atomic mass is 9.85. The molecule has 1 fully saturated rings. The van der Waals surface area contributed by atoms with Gasteiger partial charge in [-0.3, -0.25) is 14.5 Å². The second-order valence-corrected chi connectivity index (χ2v) is 6.28. The molecule has 1 aliphatic rings. The summed E-state index contributed by atoms with van der Waals surface area (Å²) in [6.45, 7) is 2.65. The van der Waals surface area contributed by atoms with Gasteiger partial charge in [-0.2, -0.15) is 0 Å². The normalized spacial score (nSPS) is 20.5. The molecule has 1 aromatic rings. The molecule has 2 rings (SSSR count). The van der Waals surface area contributed by atoms with Crippen LogP contribution >= 0.6 is 23.2 Å². The summed E-state index contributed by atoms with van der Waals surface area (Å²) in [6, 6.07) is 4.97. The third kappa shape index (κ3) is 4.35. The molecule has 1 aromatic carbocycles. The molecule has 5 nitrogen and oxygen atoms in total. The van der Waals surface area contributed by atoms with Gasteiger partial charge in [-0.25, -0.2) is 0 Å². The first-order valence-electron chi connectivity index (χ1n) is 7.11. The van der Waals surface area contributed by atoms with Gasteiger partial charge in [0.1, 0.15) is 0 Å². The summed E-state index contributed by atoms with van der Waals surface area (Å²) in [4.78, 5) is 24.8. The second-order valence-electron chi connectivity index (χ2n) is 5.41. The number of benzene rings is 1. The first-order chi connectivity index (χ1) is 10.4. The average Bonchev–Trinajstić information content (AvgIpc) is 2.38. The van der Waals surface area contributed by atoms with Gasteiger partial charge in [-0.15, -0.1) is 0 Å². The largest absolute Gasteiger partial charge is 0.480 e. The number of nitrogens with zero attached hydrogens (tertiary/aromatic N) is 1. The highest BCUT2D eigenvalue weighted by Gasteiger charge is 2.34. The first kappa shape index (κ1) is 17.1. The zero-order valence-electron chi connectivity index (χ0n) is 12.2. The summed E-state index contributed by atoms with van der Waals surface area (Å²) in [6.07, 6.45) is 1.50. The minimum Gasteiger partial charge on any atom is -0.480 e. The maximum Gasteiger partial charge on any atom is 0.317 e. The SMILES string of the molecule is CCN(CC(=O)O)C1CC(NC(=O)c2cc(Cl)cc(Cl)c2)C1. The molecule has 0 saturated heterocycles. The highest BCUT2D eigenvalue weighted by atomic mass is 35.5. The minimum atomic E-state index is -0.831. The van der Waals surface area contributed by atoms with E-state index in [1.807, 2.05) is 11.8 Å². The molecule has 22 heavy (non-hydrogen) atoms. The van der Waals surface area contributed by atoms with E-state index >= 15 is 0 Å². The van der Waals surface area contributed by atoms with Crippen LogP contribution in [0.3, 0.4) is 0 Å². The van der Waals surface area contributed by atoms with Crippen LogP contribution in [0.15, 0.2) is 18.2 Å². The zero-order chi connectivity index (χ0) is 16.3. The van der Waals surface area contributed by atoms with Crippen molar-refractivity contribution >= 4 is 35.1 Å². The van der Waals surface area contributed by atoms with Crippen LogP contribution in [0.25, 0.3) is 0 Å². The fourth-order valence-electron chi connectivity index (χ4n) is 2.63. The molecule has 2 N–H and O–H groups in total. The van der Waals surface area contributed by atoms with Gasteiger partial charge in [0.05, 0.1) is 6.54 Å². The summed E-state index contributed by atoms with van der Waals surface area (Å²) in [5.41, 5.74) is 0.429. The molecule has 1 aliphatic carbocycles. The number of hydrogen-bond donors (Lipinski definition) is 2. The van der Waals surface area contributed by atoms with Crippen molar-refractivity contribution in [2.75, 3.05) is 13.1 Å². The molecule has 0 spiro atoms. The number of nitrogens with one attached hydrogen (secondary N) is 1. The van der Waals surface area contributed by atoms with Crippen molar-refractivity contribution < 1.29 is 14.7 Å². The van der Waals surface area contributed by atoms with Gasteiger partial charge in [-0.05, 0) is 37.6 Å². The number of halogens is 2. The highest BCUT2D eigenvalue weighted by molar-refractivity contribution is 6.35. The smallest absolute Gasteiger partial charge is 0.317 e. The number of carboxylic acids is 1. The minimum absolute atomic E-state index is 0.0335. The molecule has 1 amide bonds. The molecule has 1 saturated carbocycles. The van der Waals surface area contributed by atoms with Crippen LogP contribution in [0.1, 0.15) is 30.1 Å². The maximum absolute atomic E-state index is 12.1. The Labute approximate surface area is 139 Å². The topological polar surface area (TPSA) is 69.6 Å². The van der Waals surface area contributed by atoms with Crippen LogP contribution in [-0.4, -0.2) is 47.1 Å². The van der Waals surface area contributed by atoms with E-state index in [2.05, 4.69) is 5.32 Å². The standard InChI is InChI=1S/C15H18Cl2N2O3/c1-2-19(8-14(20)21)13-6-12(7-13)18-15(22)9-3-10(16)5-11(17)4-9/h3-5,12-13H,2,6-8H2,1H3,(H,18,22)(H,20,21). The van der Waals surface area contributed by atoms with Gasteiger partial charge in [0.25, 0.3) is 5.91 Å². The number of likely N-dealkylation sites (N-methyl/N-ethyl adjacent to an activating group) is 1. The molecule has 120 valence electrons. The fraction of sp³-hybridized carbons (Fsp3) is 0.467. The lowest BCUT2D eigenvalue weighted by molar-refractivity contribution is -0.139. The molecule has 0 aromatic heterocycles. The van der Waals surface area contributed by atoms with E-state index in [0.29, 0.717) is 22.2 Å². The molecule has 0 atom stereocenters. The van der Waals surface area contributed by atoms with Gasteiger partial charge in [0.15, 0.2) is 0 Å². The maximum atomic E-state index is 12.1. The molecule has 0 heterocycles. The van der Waals surface area contributed by atoms with E-state index in [0.717, 1.165) is 12.8 Å². The highest BCUT2D eigenvalue weighted by Crippen LogP contribution is 2.26. The molecular weight excluding hydrogens is 327 g/mol. The summed E-state index contributed by atoms with van der Waals surface area (Å²) < 4.78 is 0. The Morgan fingerprint density at radius 3 is 2.36 bits per heavy atom. The van der Waals surface area contributed by atoms with Crippen molar-refractivity contribution in [2.45, 2.75) is 31.8 Å². The third-order valence-corrected chi connectivity index (χ3v) is 4.27. The van der Waals surface area contributed by atoms with E-state index in [1.54, 1.807) is 18.2 Å². The first-order valence-corrected chi connectivity index (χ1v) is 7.87. The molecule has 0 unspecified atom stereocenters. The van der Waals surface area contributed by atoms with Crippen LogP contribution in [0.4, 0.5) is 0 Å². The van der Waals surface area contributed by atoms with Gasteiger partial charge >= 0.3 is 5.97 Å². The summed E-state index contributed by atoms with van der Waals surface area (Å²) >= 11 is 11.8. The Morgan fingerprint density at radius 1 is 1.27 bits per heavy atom. The Bertz CT molecular complexity index is 554. The number of carbonyl (C=O) groups excluding carboxylic acids is 1. The number of hydrogen-bond acceptors (Lipinski definition) is 3. The quantitative estimate of drug-likeness (QED) is 0.832. The van der Waals surface area contributed by atoms with E-state index in [9.17, 15) is 9.59 Å². The predicted octanol–water partition coefficient (Wildman–Crippen LogP) is 2.66. The Kier molecular flexibility index (Phi) is 5.67. The molecule has 0 radical (unpaired) electrons. The number of amides is 1. The zero-order valence-corrected chi connectivity index (χ0v) is 13.7. The van der Waals surface area contributed by atoms with Crippen molar-refractivity contribution in [1.29, 1.82) is 0 Å². The Balaban J connectivity index is 1.86. The second kappa shape index (κ2) is 7.31. The van der Waals surface area contributed by atoms with Crippen LogP contribution in [-0.2, 0) is 4.79 Å². The van der Waals surface area contributed by atoms with Crippen LogP contribution in [0.2, 0.25) is 10.0 Å². The number of carboxylic acid groups (broad SMARTS) is 1. The number of carbonyl (C=O) groups is 2. The van der Waals surface area contributed by atoms with E-state index < -0.39 is 5.97 Å². The van der Waals surface area contributed by atoms with Crippen molar-refractivity contribution in [2.24, 2.45) is 0 Å². The van der Waals surface area contributed by atoms with Crippen molar-refractivity contribution in [3.63, 3.8) is 0 Å². The van der Waals surface area contributed by atoms with Crippen molar-refractivity contribution in [1.82, 2.24) is 10.2 Å². The van der Waals surface area contributed by atoms with Gasteiger partial charge < -0.3 is 10.4 Å². The van der Waals surface area contributed by atoms with Crippen molar-refractivity contribution in [3.8, 4) is 0 Å². The van der Waals surface area contributed by atoms with Crippen LogP contribution < -0.4 is 5.32 Å².